The van der Waals surface area contributed by atoms with E-state index in [-0.39, 0.29) is 11.7 Å². The number of nitrogens with one attached hydrogen (secondary N) is 1. The van der Waals surface area contributed by atoms with Crippen LogP contribution in [-0.2, 0) is 0 Å². The van der Waals surface area contributed by atoms with Crippen molar-refractivity contribution in [3.63, 3.8) is 0 Å². The molecule has 7 heteroatoms. The lowest BCUT2D eigenvalue weighted by Gasteiger charge is -2.35. The maximum absolute atomic E-state index is 13.7. The Morgan fingerprint density at radius 3 is 2.43 bits per heavy atom. The van der Waals surface area contributed by atoms with E-state index >= 15 is 0 Å². The van der Waals surface area contributed by atoms with Crippen LogP contribution in [0.4, 0.5) is 20.2 Å². The second kappa shape index (κ2) is 6.34. The zero-order chi connectivity index (χ0) is 15.6. The zero-order valence-corrected chi connectivity index (χ0v) is 12.1. The van der Waals surface area contributed by atoms with Crippen molar-refractivity contribution in [1.29, 1.82) is 0 Å². The number of hydrogen-bond acceptors (Lipinski definition) is 4. The van der Waals surface area contributed by atoms with E-state index in [1.165, 1.54) is 0 Å². The number of nitrogens with zero attached hydrogens (tertiary/aromatic N) is 2. The minimum atomic E-state index is -1.15. The Balaban J connectivity index is 2.07. The third-order valence-electron chi connectivity index (χ3n) is 3.85. The van der Waals surface area contributed by atoms with Crippen molar-refractivity contribution in [2.45, 2.75) is 38.8 Å². The summed E-state index contributed by atoms with van der Waals surface area (Å²) in [6.07, 6.45) is 1.64. The molecule has 0 amide bonds. The number of piperidine rings is 1. The Hall–Kier alpha value is -1.76. The average molecular weight is 299 g/mol. The molecule has 0 bridgehead atoms. The fourth-order valence-corrected chi connectivity index (χ4v) is 2.57. The highest BCUT2D eigenvalue weighted by Crippen LogP contribution is 2.27. The van der Waals surface area contributed by atoms with Crippen LogP contribution < -0.4 is 5.32 Å². The molecule has 0 aliphatic carbocycles. The van der Waals surface area contributed by atoms with E-state index in [2.05, 4.69) is 24.1 Å². The van der Waals surface area contributed by atoms with Gasteiger partial charge in [0.05, 0.1) is 10.6 Å². The van der Waals surface area contributed by atoms with E-state index < -0.39 is 22.2 Å². The second-order valence-corrected chi connectivity index (χ2v) is 5.59. The molecule has 2 rings (SSSR count). The molecule has 1 saturated heterocycles. The predicted octanol–water partition coefficient (Wildman–Crippen LogP) is 3.16. The second-order valence-electron chi connectivity index (χ2n) is 5.59. The van der Waals surface area contributed by atoms with Crippen LogP contribution in [0.5, 0.6) is 0 Å². The van der Waals surface area contributed by atoms with Crippen molar-refractivity contribution in [1.82, 2.24) is 4.90 Å². The maximum Gasteiger partial charge on any atom is 0.307 e. The van der Waals surface area contributed by atoms with Gasteiger partial charge in [0.25, 0.3) is 0 Å². The van der Waals surface area contributed by atoms with Crippen molar-refractivity contribution in [2.75, 3.05) is 18.4 Å². The summed E-state index contributed by atoms with van der Waals surface area (Å²) in [4.78, 5) is 12.2. The number of anilines is 1. The van der Waals surface area contributed by atoms with Crippen molar-refractivity contribution in [3.8, 4) is 0 Å². The highest BCUT2D eigenvalue weighted by Gasteiger charge is 2.23. The molecule has 0 aromatic heterocycles. The van der Waals surface area contributed by atoms with Gasteiger partial charge in [0.1, 0.15) is 5.82 Å². The van der Waals surface area contributed by atoms with Gasteiger partial charge in [-0.3, -0.25) is 10.1 Å². The molecule has 1 N–H and O–H groups in total. The van der Waals surface area contributed by atoms with Gasteiger partial charge in [0.2, 0.25) is 5.82 Å². The first-order valence-electron chi connectivity index (χ1n) is 7.02. The lowest BCUT2D eigenvalue weighted by molar-refractivity contribution is -0.387. The molecule has 1 aromatic rings. The summed E-state index contributed by atoms with van der Waals surface area (Å²) < 4.78 is 27.0. The minimum absolute atomic E-state index is 0.00824. The summed E-state index contributed by atoms with van der Waals surface area (Å²) >= 11 is 0. The molecule has 1 aromatic carbocycles. The average Bonchev–Trinajstić information content (AvgIpc) is 2.42. The topological polar surface area (TPSA) is 58.4 Å². The number of likely N-dealkylation sites (tertiary alicyclic amines) is 1. The van der Waals surface area contributed by atoms with Gasteiger partial charge in [-0.25, -0.2) is 4.39 Å². The molecule has 1 fully saturated rings. The Morgan fingerprint density at radius 2 is 1.90 bits per heavy atom. The van der Waals surface area contributed by atoms with Gasteiger partial charge in [-0.2, -0.15) is 4.39 Å². The number of hydrogen-bond donors (Lipinski definition) is 1. The summed E-state index contributed by atoms with van der Waals surface area (Å²) in [7, 11) is 0. The molecule has 0 radical (unpaired) electrons. The highest BCUT2D eigenvalue weighted by atomic mass is 19.1. The molecule has 0 saturated carbocycles. The zero-order valence-electron chi connectivity index (χ0n) is 12.1. The van der Waals surface area contributed by atoms with E-state index in [9.17, 15) is 18.9 Å². The van der Waals surface area contributed by atoms with Gasteiger partial charge in [-0.05, 0) is 26.7 Å². The van der Waals surface area contributed by atoms with Gasteiger partial charge in [0, 0.05) is 37.3 Å². The molecule has 116 valence electrons. The Labute approximate surface area is 122 Å². The first-order chi connectivity index (χ1) is 9.88. The van der Waals surface area contributed by atoms with Crippen LogP contribution in [0.3, 0.4) is 0 Å². The van der Waals surface area contributed by atoms with Crippen LogP contribution in [0.2, 0.25) is 0 Å². The van der Waals surface area contributed by atoms with E-state index in [0.29, 0.717) is 12.1 Å². The monoisotopic (exact) mass is 299 g/mol. The van der Waals surface area contributed by atoms with Crippen molar-refractivity contribution in [2.24, 2.45) is 0 Å². The van der Waals surface area contributed by atoms with Crippen LogP contribution >= 0.6 is 0 Å². The summed E-state index contributed by atoms with van der Waals surface area (Å²) in [5, 5.41) is 13.7. The van der Waals surface area contributed by atoms with Gasteiger partial charge >= 0.3 is 5.69 Å². The summed E-state index contributed by atoms with van der Waals surface area (Å²) in [6, 6.07) is 2.00. The van der Waals surface area contributed by atoms with Crippen molar-refractivity contribution in [3.05, 3.63) is 33.9 Å². The van der Waals surface area contributed by atoms with E-state index in [1.54, 1.807) is 0 Å². The van der Waals surface area contributed by atoms with Crippen LogP contribution in [0.25, 0.3) is 0 Å². The largest absolute Gasteiger partial charge is 0.380 e. The normalized spacial score (nSPS) is 17.2. The molecule has 21 heavy (non-hydrogen) atoms. The van der Waals surface area contributed by atoms with Crippen LogP contribution in [-0.4, -0.2) is 35.0 Å². The number of nitro groups is 1. The van der Waals surface area contributed by atoms with E-state index in [4.69, 9.17) is 0 Å². The van der Waals surface area contributed by atoms with Gasteiger partial charge in [-0.1, -0.05) is 0 Å². The van der Waals surface area contributed by atoms with E-state index in [1.807, 2.05) is 0 Å². The first-order valence-corrected chi connectivity index (χ1v) is 7.02. The molecule has 5 nitrogen and oxygen atoms in total. The number of rotatable bonds is 4. The molecule has 1 aliphatic rings. The smallest absolute Gasteiger partial charge is 0.307 e. The van der Waals surface area contributed by atoms with Crippen molar-refractivity contribution >= 4 is 11.4 Å². The van der Waals surface area contributed by atoms with Crippen LogP contribution in [0, 0.1) is 21.7 Å². The Morgan fingerprint density at radius 1 is 1.29 bits per heavy atom. The fraction of sp³-hybridized carbons (Fsp3) is 0.571. The lowest BCUT2D eigenvalue weighted by Crippen LogP contribution is -2.42. The number of nitro benzene ring substituents is 1. The summed E-state index contributed by atoms with van der Waals surface area (Å²) in [6.45, 7) is 6.02. The minimum Gasteiger partial charge on any atom is -0.380 e. The van der Waals surface area contributed by atoms with Crippen LogP contribution in [0.15, 0.2) is 12.1 Å². The molecule has 1 heterocycles. The first kappa shape index (κ1) is 15.6. The molecule has 0 spiro atoms. The Bertz CT molecular complexity index is 529. The predicted molar refractivity (Wildman–Crippen MR) is 76.4 cm³/mol. The van der Waals surface area contributed by atoms with Crippen LogP contribution in [0.1, 0.15) is 26.7 Å². The molecular weight excluding hydrogens is 280 g/mol. The van der Waals surface area contributed by atoms with Gasteiger partial charge in [0.15, 0.2) is 0 Å². The van der Waals surface area contributed by atoms with Crippen molar-refractivity contribution < 1.29 is 13.7 Å². The van der Waals surface area contributed by atoms with Gasteiger partial charge in [-0.15, -0.1) is 0 Å². The quantitative estimate of drug-likeness (QED) is 0.685. The maximum atomic E-state index is 13.7. The SMILES string of the molecule is CC(C)N1CCC(Nc2cc([N+](=O)[O-])c(F)cc2F)CC1. The standard InChI is InChI=1S/C14H19F2N3O2/c1-9(2)18-5-3-10(4-6-18)17-13-8-14(19(20)21)12(16)7-11(13)15/h7-10,17H,3-6H2,1-2H3. The fourth-order valence-electron chi connectivity index (χ4n) is 2.57. The molecule has 0 unspecified atom stereocenters. The Kier molecular flexibility index (Phi) is 4.72. The number of halogens is 2. The van der Waals surface area contributed by atoms with Gasteiger partial charge < -0.3 is 10.2 Å². The summed E-state index contributed by atoms with van der Waals surface area (Å²) in [5.41, 5.74) is -0.718. The van der Waals surface area contributed by atoms with E-state index in [0.717, 1.165) is 32.0 Å². The third-order valence-corrected chi connectivity index (χ3v) is 3.85. The number of benzene rings is 1. The summed E-state index contributed by atoms with van der Waals surface area (Å²) in [5.74, 6) is -1.96. The lowest BCUT2D eigenvalue weighted by atomic mass is 10.0. The molecule has 0 atom stereocenters. The highest BCUT2D eigenvalue weighted by molar-refractivity contribution is 5.53. The molecule has 1 aliphatic heterocycles. The molecular formula is C14H19F2N3O2. The third kappa shape index (κ3) is 3.66.